The van der Waals surface area contributed by atoms with Crippen LogP contribution in [-0.2, 0) is 4.79 Å². The third-order valence-electron chi connectivity index (χ3n) is 3.73. The Kier molecular flexibility index (Phi) is 4.42. The number of hydrogen-bond acceptors (Lipinski definition) is 5. The first-order valence-corrected chi connectivity index (χ1v) is 8.34. The van der Waals surface area contributed by atoms with Crippen molar-refractivity contribution in [1.29, 1.82) is 0 Å². The molecule has 1 atom stereocenters. The Bertz CT molecular complexity index is 665. The second-order valence-electron chi connectivity index (χ2n) is 5.50. The van der Waals surface area contributed by atoms with Crippen molar-refractivity contribution in [3.05, 3.63) is 29.8 Å². The normalized spacial score (nSPS) is 16.0. The number of nitrogens with zero attached hydrogens (tertiary/aromatic N) is 5. The van der Waals surface area contributed by atoms with E-state index in [-0.39, 0.29) is 11.2 Å². The van der Waals surface area contributed by atoms with Gasteiger partial charge in [0.15, 0.2) is 0 Å². The zero-order valence-electron chi connectivity index (χ0n) is 12.8. The average Bonchev–Trinajstić information content (AvgIpc) is 3.18. The van der Waals surface area contributed by atoms with Gasteiger partial charge in [-0.25, -0.2) is 0 Å². The van der Waals surface area contributed by atoms with Gasteiger partial charge >= 0.3 is 0 Å². The van der Waals surface area contributed by atoms with Gasteiger partial charge in [-0.2, -0.15) is 4.68 Å². The van der Waals surface area contributed by atoms with Crippen LogP contribution in [0.5, 0.6) is 0 Å². The van der Waals surface area contributed by atoms with Gasteiger partial charge in [-0.3, -0.25) is 4.79 Å². The van der Waals surface area contributed by atoms with Gasteiger partial charge in [-0.05, 0) is 54.8 Å². The summed E-state index contributed by atoms with van der Waals surface area (Å²) in [6.45, 7) is 5.68. The number of rotatable bonds is 4. The molecule has 0 bridgehead atoms. The molecule has 0 saturated carbocycles. The summed E-state index contributed by atoms with van der Waals surface area (Å²) in [5.74, 6) is 0.168. The molecular formula is C15H19N5OS. The molecule has 3 rings (SSSR count). The van der Waals surface area contributed by atoms with E-state index in [1.165, 1.54) is 11.8 Å². The summed E-state index contributed by atoms with van der Waals surface area (Å²) in [5, 5.41) is 12.3. The SMILES string of the molecule is Cc1cccc(-n2nnnc2SC(C)C(=O)N2CCCC2)c1. The van der Waals surface area contributed by atoms with Gasteiger partial charge in [0.05, 0.1) is 10.9 Å². The fourth-order valence-corrected chi connectivity index (χ4v) is 3.47. The van der Waals surface area contributed by atoms with Crippen LogP contribution < -0.4 is 0 Å². The van der Waals surface area contributed by atoms with Gasteiger partial charge in [0.2, 0.25) is 11.1 Å². The molecule has 1 aromatic heterocycles. The minimum atomic E-state index is -0.187. The molecule has 1 saturated heterocycles. The van der Waals surface area contributed by atoms with E-state index >= 15 is 0 Å². The smallest absolute Gasteiger partial charge is 0.235 e. The van der Waals surface area contributed by atoms with Crippen LogP contribution >= 0.6 is 11.8 Å². The Labute approximate surface area is 133 Å². The number of tetrazole rings is 1. The molecule has 6 nitrogen and oxygen atoms in total. The molecule has 2 heterocycles. The molecule has 116 valence electrons. The fourth-order valence-electron chi connectivity index (χ4n) is 2.58. The summed E-state index contributed by atoms with van der Waals surface area (Å²) in [5.41, 5.74) is 2.05. The lowest BCUT2D eigenvalue weighted by Crippen LogP contribution is -2.34. The van der Waals surface area contributed by atoms with E-state index in [0.717, 1.165) is 37.2 Å². The van der Waals surface area contributed by atoms with Crippen LogP contribution in [0.3, 0.4) is 0 Å². The van der Waals surface area contributed by atoms with Crippen LogP contribution in [-0.4, -0.2) is 49.4 Å². The van der Waals surface area contributed by atoms with Crippen molar-refractivity contribution in [2.24, 2.45) is 0 Å². The van der Waals surface area contributed by atoms with E-state index in [0.29, 0.717) is 5.16 Å². The second kappa shape index (κ2) is 6.48. The lowest BCUT2D eigenvalue weighted by atomic mass is 10.2. The van der Waals surface area contributed by atoms with Crippen molar-refractivity contribution in [3.8, 4) is 5.69 Å². The Morgan fingerprint density at radius 2 is 2.09 bits per heavy atom. The van der Waals surface area contributed by atoms with Crippen molar-refractivity contribution in [3.63, 3.8) is 0 Å². The van der Waals surface area contributed by atoms with Crippen LogP contribution in [0.4, 0.5) is 0 Å². The maximum atomic E-state index is 12.4. The van der Waals surface area contributed by atoms with Crippen molar-refractivity contribution in [2.75, 3.05) is 13.1 Å². The predicted molar refractivity (Wildman–Crippen MR) is 85.0 cm³/mol. The Morgan fingerprint density at radius 3 is 2.82 bits per heavy atom. The summed E-state index contributed by atoms with van der Waals surface area (Å²) < 4.78 is 1.69. The largest absolute Gasteiger partial charge is 0.342 e. The number of likely N-dealkylation sites (tertiary alicyclic amines) is 1. The number of thioether (sulfide) groups is 1. The number of hydrogen-bond donors (Lipinski definition) is 0. The van der Waals surface area contributed by atoms with Gasteiger partial charge in [0, 0.05) is 13.1 Å². The summed E-state index contributed by atoms with van der Waals surface area (Å²) >= 11 is 1.41. The van der Waals surface area contributed by atoms with Crippen LogP contribution in [0.15, 0.2) is 29.4 Å². The van der Waals surface area contributed by atoms with Gasteiger partial charge < -0.3 is 4.90 Å². The van der Waals surface area contributed by atoms with Gasteiger partial charge in [0.1, 0.15) is 0 Å². The second-order valence-corrected chi connectivity index (χ2v) is 6.81. The fraction of sp³-hybridized carbons (Fsp3) is 0.467. The highest BCUT2D eigenvalue weighted by atomic mass is 32.2. The van der Waals surface area contributed by atoms with E-state index in [4.69, 9.17) is 0 Å². The first kappa shape index (κ1) is 15.0. The summed E-state index contributed by atoms with van der Waals surface area (Å²) in [6, 6.07) is 7.98. The molecule has 0 spiro atoms. The van der Waals surface area contributed by atoms with Gasteiger partial charge in [0.25, 0.3) is 0 Å². The lowest BCUT2D eigenvalue weighted by molar-refractivity contribution is -0.129. The van der Waals surface area contributed by atoms with Crippen LogP contribution in [0.25, 0.3) is 5.69 Å². The number of carbonyl (C=O) groups is 1. The molecule has 22 heavy (non-hydrogen) atoms. The zero-order valence-corrected chi connectivity index (χ0v) is 13.6. The summed E-state index contributed by atoms with van der Waals surface area (Å²) in [7, 11) is 0. The molecule has 0 N–H and O–H groups in total. The van der Waals surface area contributed by atoms with E-state index in [2.05, 4.69) is 15.5 Å². The van der Waals surface area contributed by atoms with Crippen molar-refractivity contribution in [2.45, 2.75) is 37.1 Å². The van der Waals surface area contributed by atoms with Crippen molar-refractivity contribution in [1.82, 2.24) is 25.1 Å². The Hall–Kier alpha value is -1.89. The molecule has 0 aliphatic carbocycles. The quantitative estimate of drug-likeness (QED) is 0.808. The highest BCUT2D eigenvalue weighted by Crippen LogP contribution is 2.25. The number of carbonyl (C=O) groups excluding carboxylic acids is 1. The summed E-state index contributed by atoms with van der Waals surface area (Å²) in [6.07, 6.45) is 2.20. The monoisotopic (exact) mass is 317 g/mol. The van der Waals surface area contributed by atoms with Crippen LogP contribution in [0.1, 0.15) is 25.3 Å². The molecule has 0 radical (unpaired) electrons. The van der Waals surface area contributed by atoms with Crippen LogP contribution in [0.2, 0.25) is 0 Å². The molecule has 1 aliphatic heterocycles. The highest BCUT2D eigenvalue weighted by Gasteiger charge is 2.25. The Morgan fingerprint density at radius 1 is 1.32 bits per heavy atom. The molecule has 2 aromatic rings. The first-order chi connectivity index (χ1) is 10.6. The predicted octanol–water partition coefficient (Wildman–Crippen LogP) is 2.07. The van der Waals surface area contributed by atoms with Crippen molar-refractivity contribution < 1.29 is 4.79 Å². The van der Waals surface area contributed by atoms with Gasteiger partial charge in [-0.15, -0.1) is 5.10 Å². The third kappa shape index (κ3) is 3.14. The highest BCUT2D eigenvalue weighted by molar-refractivity contribution is 8.00. The maximum absolute atomic E-state index is 12.4. The number of amides is 1. The van der Waals surface area contributed by atoms with E-state index in [9.17, 15) is 4.79 Å². The Balaban J connectivity index is 1.76. The molecule has 1 amide bonds. The van der Waals surface area contributed by atoms with E-state index in [1.54, 1.807) is 4.68 Å². The summed E-state index contributed by atoms with van der Waals surface area (Å²) in [4.78, 5) is 14.3. The lowest BCUT2D eigenvalue weighted by Gasteiger charge is -2.19. The molecule has 1 unspecified atom stereocenters. The number of aryl methyl sites for hydroxylation is 1. The molecule has 1 fully saturated rings. The first-order valence-electron chi connectivity index (χ1n) is 7.46. The van der Waals surface area contributed by atoms with Gasteiger partial charge in [-0.1, -0.05) is 23.9 Å². The molecule has 1 aliphatic rings. The molecule has 7 heteroatoms. The minimum absolute atomic E-state index is 0.168. The number of aromatic nitrogens is 4. The topological polar surface area (TPSA) is 63.9 Å². The van der Waals surface area contributed by atoms with Crippen LogP contribution in [0, 0.1) is 6.92 Å². The van der Waals surface area contributed by atoms with E-state index < -0.39 is 0 Å². The maximum Gasteiger partial charge on any atom is 0.235 e. The zero-order chi connectivity index (χ0) is 15.5. The molecular weight excluding hydrogens is 298 g/mol. The standard InChI is InChI=1S/C15H19N5OS/c1-11-6-5-7-13(10-11)20-15(16-17-18-20)22-12(2)14(21)19-8-3-4-9-19/h5-7,10,12H,3-4,8-9H2,1-2H3. The third-order valence-corrected chi connectivity index (χ3v) is 4.76. The number of benzene rings is 1. The van der Waals surface area contributed by atoms with Crippen molar-refractivity contribution >= 4 is 17.7 Å². The van der Waals surface area contributed by atoms with E-state index in [1.807, 2.05) is 43.0 Å². The average molecular weight is 317 g/mol. The molecule has 1 aromatic carbocycles. The minimum Gasteiger partial charge on any atom is -0.342 e.